The highest BCUT2D eigenvalue weighted by Gasteiger charge is 2.29. The van der Waals surface area contributed by atoms with Gasteiger partial charge in [-0.2, -0.15) is 0 Å². The maximum Gasteiger partial charge on any atom is 0.158 e. The lowest BCUT2D eigenvalue weighted by atomic mass is 9.91. The minimum atomic E-state index is -0.545. The Bertz CT molecular complexity index is 455. The van der Waals surface area contributed by atoms with E-state index in [4.69, 9.17) is 4.52 Å². The topological polar surface area (TPSA) is 55.1 Å². The second-order valence-corrected chi connectivity index (χ2v) is 7.11. The van der Waals surface area contributed by atoms with Gasteiger partial charge >= 0.3 is 0 Å². The molecule has 1 unspecified atom stereocenters. The molecular formula is C16H28N2O2. The summed E-state index contributed by atoms with van der Waals surface area (Å²) in [6.07, 6.45) is 1.30. The molecule has 1 rings (SSSR count). The summed E-state index contributed by atoms with van der Waals surface area (Å²) >= 11 is 0. The van der Waals surface area contributed by atoms with Crippen LogP contribution in [0, 0.1) is 0 Å². The van der Waals surface area contributed by atoms with Gasteiger partial charge in [-0.1, -0.05) is 32.9 Å². The number of carbonyl (C=O) groups is 1. The molecular weight excluding hydrogens is 252 g/mol. The smallest absolute Gasteiger partial charge is 0.158 e. The van der Waals surface area contributed by atoms with Crippen molar-refractivity contribution < 1.29 is 9.32 Å². The fourth-order valence-corrected chi connectivity index (χ4v) is 1.93. The van der Waals surface area contributed by atoms with Gasteiger partial charge in [0, 0.05) is 17.5 Å². The molecule has 114 valence electrons. The number of carbonyl (C=O) groups excluding carboxylic acids is 1. The van der Waals surface area contributed by atoms with Crippen LogP contribution >= 0.6 is 0 Å². The normalized spacial score (nSPS) is 14.3. The van der Waals surface area contributed by atoms with Gasteiger partial charge in [0.15, 0.2) is 5.78 Å². The zero-order valence-electron chi connectivity index (χ0n) is 13.8. The van der Waals surface area contributed by atoms with Crippen LogP contribution in [0.1, 0.15) is 66.3 Å². The van der Waals surface area contributed by atoms with Crippen molar-refractivity contribution in [2.24, 2.45) is 0 Å². The number of nitrogens with one attached hydrogen (secondary N) is 1. The first-order valence-electron chi connectivity index (χ1n) is 7.33. The van der Waals surface area contributed by atoms with E-state index >= 15 is 0 Å². The number of hydrogen-bond acceptors (Lipinski definition) is 4. The number of Topliss-reactive ketones (excluding diaryl/α,β-unsaturated/α-hetero) is 1. The van der Waals surface area contributed by atoms with Gasteiger partial charge in [-0.3, -0.25) is 4.79 Å². The summed E-state index contributed by atoms with van der Waals surface area (Å²) in [6, 6.07) is 2.20. The third kappa shape index (κ3) is 4.44. The summed E-state index contributed by atoms with van der Waals surface area (Å²) in [5, 5.41) is 7.37. The van der Waals surface area contributed by atoms with Crippen molar-refractivity contribution in [1.29, 1.82) is 0 Å². The molecule has 0 aliphatic carbocycles. The number of nitrogens with zero attached hydrogens (tertiary/aromatic N) is 1. The van der Waals surface area contributed by atoms with E-state index in [-0.39, 0.29) is 11.2 Å². The molecule has 0 aliphatic heterocycles. The SMILES string of the molecule is CCC(C)NC(C)(C)C(=O)Cc1cc(C(C)(C)C)on1. The molecule has 0 saturated heterocycles. The van der Waals surface area contributed by atoms with E-state index in [1.807, 2.05) is 19.9 Å². The molecule has 1 N–H and O–H groups in total. The van der Waals surface area contributed by atoms with Gasteiger partial charge in [-0.05, 0) is 27.2 Å². The molecule has 4 heteroatoms. The number of aromatic nitrogens is 1. The average Bonchev–Trinajstić information content (AvgIpc) is 2.76. The van der Waals surface area contributed by atoms with Crippen LogP contribution in [-0.2, 0) is 16.6 Å². The van der Waals surface area contributed by atoms with Crippen molar-refractivity contribution in [3.05, 3.63) is 17.5 Å². The molecule has 1 atom stereocenters. The van der Waals surface area contributed by atoms with Gasteiger partial charge in [0.05, 0.1) is 17.7 Å². The number of hydrogen-bond donors (Lipinski definition) is 1. The van der Waals surface area contributed by atoms with E-state index in [1.165, 1.54) is 0 Å². The first kappa shape index (κ1) is 16.9. The van der Waals surface area contributed by atoms with Crippen molar-refractivity contribution in [2.45, 2.75) is 78.3 Å². The average molecular weight is 280 g/mol. The Morgan fingerprint density at radius 2 is 1.95 bits per heavy atom. The summed E-state index contributed by atoms with van der Waals surface area (Å²) < 4.78 is 5.32. The molecule has 0 fully saturated rings. The molecule has 0 radical (unpaired) electrons. The first-order valence-corrected chi connectivity index (χ1v) is 7.33. The van der Waals surface area contributed by atoms with E-state index < -0.39 is 5.54 Å². The Morgan fingerprint density at radius 3 is 2.40 bits per heavy atom. The van der Waals surface area contributed by atoms with Crippen LogP contribution in [0.15, 0.2) is 10.6 Å². The van der Waals surface area contributed by atoms with Gasteiger partial charge in [-0.15, -0.1) is 0 Å². The van der Waals surface area contributed by atoms with Crippen LogP contribution in [-0.4, -0.2) is 22.5 Å². The largest absolute Gasteiger partial charge is 0.361 e. The summed E-state index contributed by atoms with van der Waals surface area (Å²) in [4.78, 5) is 12.4. The second-order valence-electron chi connectivity index (χ2n) is 7.11. The molecule has 1 aromatic heterocycles. The molecule has 0 aliphatic rings. The lowest BCUT2D eigenvalue weighted by molar-refractivity contribution is -0.124. The molecule has 0 spiro atoms. The molecule has 0 saturated carbocycles. The lowest BCUT2D eigenvalue weighted by Crippen LogP contribution is -2.51. The molecule has 4 nitrogen and oxygen atoms in total. The molecule has 0 aromatic carbocycles. The Kier molecular flexibility index (Phi) is 5.14. The van der Waals surface area contributed by atoms with Crippen LogP contribution in [0.2, 0.25) is 0 Å². The zero-order chi connectivity index (χ0) is 15.6. The van der Waals surface area contributed by atoms with Crippen molar-refractivity contribution in [1.82, 2.24) is 10.5 Å². The minimum Gasteiger partial charge on any atom is -0.361 e. The Morgan fingerprint density at radius 1 is 1.35 bits per heavy atom. The zero-order valence-corrected chi connectivity index (χ0v) is 13.8. The van der Waals surface area contributed by atoms with Crippen LogP contribution in [0.4, 0.5) is 0 Å². The summed E-state index contributed by atoms with van der Waals surface area (Å²) in [7, 11) is 0. The fraction of sp³-hybridized carbons (Fsp3) is 0.750. The number of rotatable bonds is 6. The molecule has 0 amide bonds. The van der Waals surface area contributed by atoms with Gasteiger partial charge in [0.25, 0.3) is 0 Å². The highest BCUT2D eigenvalue weighted by molar-refractivity contribution is 5.89. The van der Waals surface area contributed by atoms with Crippen molar-refractivity contribution in [3.8, 4) is 0 Å². The van der Waals surface area contributed by atoms with Gasteiger partial charge in [0.1, 0.15) is 5.76 Å². The van der Waals surface area contributed by atoms with Crippen molar-refractivity contribution in [3.63, 3.8) is 0 Å². The quantitative estimate of drug-likeness (QED) is 0.869. The Hall–Kier alpha value is -1.16. The van der Waals surface area contributed by atoms with Crippen LogP contribution in [0.5, 0.6) is 0 Å². The highest BCUT2D eigenvalue weighted by atomic mass is 16.5. The minimum absolute atomic E-state index is 0.0845. The highest BCUT2D eigenvalue weighted by Crippen LogP contribution is 2.23. The third-order valence-electron chi connectivity index (χ3n) is 3.56. The van der Waals surface area contributed by atoms with E-state index in [0.717, 1.165) is 12.2 Å². The summed E-state index contributed by atoms with van der Waals surface area (Å²) in [5.74, 6) is 0.944. The van der Waals surface area contributed by atoms with Gasteiger partial charge in [-0.25, -0.2) is 0 Å². The molecule has 1 aromatic rings. The fourth-order valence-electron chi connectivity index (χ4n) is 1.93. The molecule has 20 heavy (non-hydrogen) atoms. The number of ketones is 1. The predicted octanol–water partition coefficient (Wildman–Crippen LogP) is 3.25. The Balaban J connectivity index is 2.73. The maximum atomic E-state index is 12.4. The second kappa shape index (κ2) is 6.08. The Labute approximate surface area is 122 Å². The van der Waals surface area contributed by atoms with E-state index in [1.54, 1.807) is 0 Å². The monoisotopic (exact) mass is 280 g/mol. The summed E-state index contributed by atoms with van der Waals surface area (Å²) in [5.41, 5.74) is 0.0775. The van der Waals surface area contributed by atoms with Crippen LogP contribution in [0.3, 0.4) is 0 Å². The maximum absolute atomic E-state index is 12.4. The van der Waals surface area contributed by atoms with E-state index in [0.29, 0.717) is 18.2 Å². The van der Waals surface area contributed by atoms with E-state index in [2.05, 4.69) is 45.1 Å². The van der Waals surface area contributed by atoms with Gasteiger partial charge < -0.3 is 9.84 Å². The first-order chi connectivity index (χ1) is 9.06. The lowest BCUT2D eigenvalue weighted by Gasteiger charge is -2.28. The van der Waals surface area contributed by atoms with E-state index in [9.17, 15) is 4.79 Å². The predicted molar refractivity (Wildman–Crippen MR) is 80.9 cm³/mol. The van der Waals surface area contributed by atoms with Gasteiger partial charge in [0.2, 0.25) is 0 Å². The van der Waals surface area contributed by atoms with Crippen molar-refractivity contribution >= 4 is 5.78 Å². The van der Waals surface area contributed by atoms with Crippen LogP contribution in [0.25, 0.3) is 0 Å². The standard InChI is InChI=1S/C16H28N2O2/c1-8-11(2)17-16(6,7)13(19)9-12-10-14(20-18-12)15(3,4)5/h10-11,17H,8-9H2,1-7H3. The van der Waals surface area contributed by atoms with Crippen molar-refractivity contribution in [2.75, 3.05) is 0 Å². The third-order valence-corrected chi connectivity index (χ3v) is 3.56. The molecule has 1 heterocycles. The summed E-state index contributed by atoms with van der Waals surface area (Å²) in [6.45, 7) is 14.2. The van der Waals surface area contributed by atoms with Crippen LogP contribution < -0.4 is 5.32 Å². The molecule has 0 bridgehead atoms.